The van der Waals surface area contributed by atoms with E-state index in [9.17, 15) is 13.2 Å². The minimum absolute atomic E-state index is 0.0275. The van der Waals surface area contributed by atoms with E-state index in [0.717, 1.165) is 22.8 Å². The smallest absolute Gasteiger partial charge is 0.227 e. The summed E-state index contributed by atoms with van der Waals surface area (Å²) >= 11 is 0. The molecular weight excluding hydrogens is 464 g/mol. The van der Waals surface area contributed by atoms with Crippen molar-refractivity contribution in [1.29, 1.82) is 0 Å². The number of piperazine rings is 1. The Balaban J connectivity index is 1.33. The molecule has 1 N–H and O–H groups in total. The van der Waals surface area contributed by atoms with E-state index >= 15 is 0 Å². The summed E-state index contributed by atoms with van der Waals surface area (Å²) in [4.78, 5) is 30.1. The van der Waals surface area contributed by atoms with Crippen molar-refractivity contribution in [3.05, 3.63) is 66.1 Å². The topological polar surface area (TPSA) is 108 Å². The molecule has 0 atom stereocenters. The lowest BCUT2D eigenvalue weighted by molar-refractivity contribution is -0.130. The van der Waals surface area contributed by atoms with E-state index in [1.165, 1.54) is 6.33 Å². The Hall–Kier alpha value is -3.53. The van der Waals surface area contributed by atoms with Gasteiger partial charge in [-0.05, 0) is 56.2 Å². The van der Waals surface area contributed by atoms with Crippen molar-refractivity contribution < 1.29 is 13.2 Å². The van der Waals surface area contributed by atoms with Gasteiger partial charge in [0.05, 0.1) is 16.6 Å². The highest BCUT2D eigenvalue weighted by molar-refractivity contribution is 7.92. The Bertz CT molecular complexity index is 1290. The van der Waals surface area contributed by atoms with Crippen LogP contribution in [0.5, 0.6) is 0 Å². The maximum atomic E-state index is 12.8. The van der Waals surface area contributed by atoms with Crippen LogP contribution in [-0.2, 0) is 21.1 Å². The Labute approximate surface area is 206 Å². The Morgan fingerprint density at radius 3 is 2.31 bits per heavy atom. The average Bonchev–Trinajstić information content (AvgIpc) is 2.84. The first-order valence-corrected chi connectivity index (χ1v) is 13.1. The molecule has 3 heterocycles. The van der Waals surface area contributed by atoms with Gasteiger partial charge in [0, 0.05) is 38.4 Å². The van der Waals surface area contributed by atoms with Crippen molar-refractivity contribution in [2.24, 2.45) is 0 Å². The zero-order chi connectivity index (χ0) is 25.0. The van der Waals surface area contributed by atoms with Crippen LogP contribution in [0.4, 0.5) is 17.5 Å². The first-order valence-electron chi connectivity index (χ1n) is 11.6. The van der Waals surface area contributed by atoms with E-state index in [1.807, 2.05) is 30.0 Å². The van der Waals surface area contributed by atoms with Crippen molar-refractivity contribution in [3.8, 4) is 0 Å². The van der Waals surface area contributed by atoms with E-state index in [-0.39, 0.29) is 17.2 Å². The number of rotatable bonds is 7. The number of benzene rings is 1. The SMILES string of the molecule is Cc1ccnc(Nc2cc(N3CCN(C(=O)Cc4ccc(S(=O)(=O)C(C)C)cc4)CC3)ncn2)c1. The first kappa shape index (κ1) is 24.6. The Kier molecular flexibility index (Phi) is 7.30. The molecule has 9 nitrogen and oxygen atoms in total. The fourth-order valence-corrected chi connectivity index (χ4v) is 4.92. The number of carbonyl (C=O) groups is 1. The normalized spacial score (nSPS) is 14.3. The summed E-state index contributed by atoms with van der Waals surface area (Å²) < 4.78 is 24.6. The second-order valence-electron chi connectivity index (χ2n) is 8.89. The van der Waals surface area contributed by atoms with Crippen molar-refractivity contribution in [2.45, 2.75) is 37.3 Å². The van der Waals surface area contributed by atoms with Crippen LogP contribution in [0.25, 0.3) is 0 Å². The van der Waals surface area contributed by atoms with Crippen molar-refractivity contribution in [1.82, 2.24) is 19.9 Å². The molecule has 0 aliphatic carbocycles. The van der Waals surface area contributed by atoms with E-state index in [2.05, 4.69) is 25.2 Å². The fraction of sp³-hybridized carbons (Fsp3) is 0.360. The molecule has 1 aliphatic heterocycles. The molecule has 4 rings (SSSR count). The molecule has 0 saturated carbocycles. The molecule has 1 aliphatic rings. The number of hydrogen-bond donors (Lipinski definition) is 1. The third-order valence-corrected chi connectivity index (χ3v) is 8.18. The number of nitrogens with zero attached hydrogens (tertiary/aromatic N) is 5. The van der Waals surface area contributed by atoms with Gasteiger partial charge in [0.1, 0.15) is 23.8 Å². The predicted molar refractivity (Wildman–Crippen MR) is 136 cm³/mol. The monoisotopic (exact) mass is 494 g/mol. The third-order valence-electron chi connectivity index (χ3n) is 6.01. The molecule has 184 valence electrons. The zero-order valence-electron chi connectivity index (χ0n) is 20.2. The standard InChI is InChI=1S/C25H30N6O3S/c1-18(2)35(33,34)21-6-4-20(5-7-21)15-25(32)31-12-10-30(11-13-31)24-16-23(27-17-28-24)29-22-14-19(3)8-9-26-22/h4-9,14,16-18H,10-13,15H2,1-3H3,(H,26,27,28,29). The van der Waals surface area contributed by atoms with Gasteiger partial charge in [-0.3, -0.25) is 4.79 Å². The Morgan fingerprint density at radius 1 is 0.971 bits per heavy atom. The number of hydrogen-bond acceptors (Lipinski definition) is 8. The van der Waals surface area contributed by atoms with Crippen LogP contribution in [0.2, 0.25) is 0 Å². The molecule has 0 unspecified atom stereocenters. The van der Waals surface area contributed by atoms with Crippen LogP contribution in [-0.4, -0.2) is 65.6 Å². The summed E-state index contributed by atoms with van der Waals surface area (Å²) in [6.45, 7) is 7.83. The van der Waals surface area contributed by atoms with Gasteiger partial charge in [-0.15, -0.1) is 0 Å². The molecule has 3 aromatic rings. The number of nitrogens with one attached hydrogen (secondary N) is 1. The highest BCUT2D eigenvalue weighted by Gasteiger charge is 2.23. The molecule has 2 aromatic heterocycles. The molecule has 0 bridgehead atoms. The minimum Gasteiger partial charge on any atom is -0.353 e. The lowest BCUT2D eigenvalue weighted by Gasteiger charge is -2.35. The highest BCUT2D eigenvalue weighted by Crippen LogP contribution is 2.20. The minimum atomic E-state index is -3.32. The van der Waals surface area contributed by atoms with Gasteiger partial charge < -0.3 is 15.1 Å². The second kappa shape index (κ2) is 10.4. The molecule has 1 amide bonds. The summed E-state index contributed by atoms with van der Waals surface area (Å²) in [7, 11) is -3.32. The van der Waals surface area contributed by atoms with Crippen LogP contribution in [0, 0.1) is 6.92 Å². The molecule has 10 heteroatoms. The molecule has 35 heavy (non-hydrogen) atoms. The maximum absolute atomic E-state index is 12.8. The lowest BCUT2D eigenvalue weighted by Crippen LogP contribution is -2.49. The largest absolute Gasteiger partial charge is 0.353 e. The van der Waals surface area contributed by atoms with Gasteiger partial charge in [-0.2, -0.15) is 0 Å². The van der Waals surface area contributed by atoms with Gasteiger partial charge in [-0.25, -0.2) is 23.4 Å². The number of sulfone groups is 1. The number of pyridine rings is 1. The van der Waals surface area contributed by atoms with Crippen molar-refractivity contribution in [2.75, 3.05) is 36.4 Å². The van der Waals surface area contributed by atoms with Gasteiger partial charge in [0.15, 0.2) is 9.84 Å². The molecule has 1 fully saturated rings. The predicted octanol–water partition coefficient (Wildman–Crippen LogP) is 3.00. The summed E-state index contributed by atoms with van der Waals surface area (Å²) in [5.74, 6) is 2.21. The highest BCUT2D eigenvalue weighted by atomic mass is 32.2. The quantitative estimate of drug-likeness (QED) is 0.534. The summed E-state index contributed by atoms with van der Waals surface area (Å²) in [6.07, 6.45) is 3.51. The fourth-order valence-electron chi connectivity index (χ4n) is 3.86. The van der Waals surface area contributed by atoms with Gasteiger partial charge in [-0.1, -0.05) is 12.1 Å². The molecule has 0 radical (unpaired) electrons. The van der Waals surface area contributed by atoms with Crippen LogP contribution >= 0.6 is 0 Å². The number of anilines is 3. The summed E-state index contributed by atoms with van der Waals surface area (Å²) in [5, 5.41) is 2.73. The summed E-state index contributed by atoms with van der Waals surface area (Å²) in [5.41, 5.74) is 1.91. The van der Waals surface area contributed by atoms with Gasteiger partial charge in [0.25, 0.3) is 0 Å². The number of carbonyl (C=O) groups excluding carboxylic acids is 1. The third kappa shape index (κ3) is 5.94. The van der Waals surface area contributed by atoms with Crippen LogP contribution in [0.3, 0.4) is 0 Å². The van der Waals surface area contributed by atoms with Crippen LogP contribution in [0.1, 0.15) is 25.0 Å². The molecular formula is C25H30N6O3S. The van der Waals surface area contributed by atoms with Gasteiger partial charge >= 0.3 is 0 Å². The molecule has 1 aromatic carbocycles. The van der Waals surface area contributed by atoms with Crippen LogP contribution < -0.4 is 10.2 Å². The van der Waals surface area contributed by atoms with Crippen molar-refractivity contribution in [3.63, 3.8) is 0 Å². The molecule has 0 spiro atoms. The van der Waals surface area contributed by atoms with E-state index in [1.54, 1.807) is 44.3 Å². The first-order chi connectivity index (χ1) is 16.7. The Morgan fingerprint density at radius 2 is 1.66 bits per heavy atom. The number of amides is 1. The van der Waals surface area contributed by atoms with Crippen molar-refractivity contribution >= 4 is 33.2 Å². The number of aryl methyl sites for hydroxylation is 1. The second-order valence-corrected chi connectivity index (χ2v) is 11.4. The molecule has 1 saturated heterocycles. The summed E-state index contributed by atoms with van der Waals surface area (Å²) in [6, 6.07) is 12.4. The zero-order valence-corrected chi connectivity index (χ0v) is 21.0. The maximum Gasteiger partial charge on any atom is 0.227 e. The number of aromatic nitrogens is 3. The average molecular weight is 495 g/mol. The van der Waals surface area contributed by atoms with E-state index < -0.39 is 15.1 Å². The van der Waals surface area contributed by atoms with Gasteiger partial charge in [0.2, 0.25) is 5.91 Å². The lowest BCUT2D eigenvalue weighted by atomic mass is 10.1. The van der Waals surface area contributed by atoms with Crippen LogP contribution in [0.15, 0.2) is 59.9 Å². The van der Waals surface area contributed by atoms with E-state index in [0.29, 0.717) is 32.0 Å². The van der Waals surface area contributed by atoms with E-state index in [4.69, 9.17) is 0 Å².